The molecule has 2 rings (SSSR count). The summed E-state index contributed by atoms with van der Waals surface area (Å²) in [6.45, 7) is 0. The van der Waals surface area contributed by atoms with Crippen LogP contribution in [0.4, 0.5) is 13.2 Å². The second-order valence-electron chi connectivity index (χ2n) is 3.60. The Morgan fingerprint density at radius 1 is 1.25 bits per heavy atom. The van der Waals surface area contributed by atoms with Gasteiger partial charge in [-0.1, -0.05) is 29.3 Å². The van der Waals surface area contributed by atoms with Gasteiger partial charge in [0, 0.05) is 0 Å². The molecule has 0 amide bonds. The van der Waals surface area contributed by atoms with E-state index in [9.17, 15) is 18.0 Å². The Labute approximate surface area is 119 Å². The number of aromatic carboxylic acids is 1. The number of aromatic nitrogens is 1. The number of benzene rings is 1. The Morgan fingerprint density at radius 3 is 2.20 bits per heavy atom. The molecule has 0 saturated heterocycles. The number of hydrogen-bond donors (Lipinski definition) is 1. The lowest BCUT2D eigenvalue weighted by Gasteiger charge is -2.02. The van der Waals surface area contributed by atoms with Crippen LogP contribution in [0.15, 0.2) is 22.6 Å². The number of carboxylic acid groups (broad SMARTS) is 1. The highest BCUT2D eigenvalue weighted by molar-refractivity contribution is 6.38. The van der Waals surface area contributed by atoms with Crippen LogP contribution in [0.5, 0.6) is 0 Å². The molecule has 0 unspecified atom stereocenters. The molecule has 1 heterocycles. The quantitative estimate of drug-likeness (QED) is 0.890. The molecule has 0 aliphatic carbocycles. The standard InChI is InChI=1S/C11H4Cl2F3NO3/c12-4-2-1-3-5(13)6(4)9-17-8(11(14,15)16)7(20-9)10(18)19/h1-3H,(H,18,19). The zero-order valence-electron chi connectivity index (χ0n) is 9.33. The van der Waals surface area contributed by atoms with E-state index in [0.717, 1.165) is 0 Å². The van der Waals surface area contributed by atoms with E-state index >= 15 is 0 Å². The Bertz CT molecular complexity index is 662. The molecule has 1 aromatic carbocycles. The van der Waals surface area contributed by atoms with Crippen molar-refractivity contribution >= 4 is 29.2 Å². The van der Waals surface area contributed by atoms with E-state index in [1.54, 1.807) is 0 Å². The molecular weight excluding hydrogens is 322 g/mol. The molecule has 0 bridgehead atoms. The van der Waals surface area contributed by atoms with Crippen molar-refractivity contribution in [2.24, 2.45) is 0 Å². The van der Waals surface area contributed by atoms with E-state index in [4.69, 9.17) is 28.3 Å². The molecule has 0 saturated carbocycles. The number of hydrogen-bond acceptors (Lipinski definition) is 3. The fraction of sp³-hybridized carbons (Fsp3) is 0.0909. The molecule has 0 fully saturated rings. The van der Waals surface area contributed by atoms with Crippen molar-refractivity contribution in [2.45, 2.75) is 6.18 Å². The second-order valence-corrected chi connectivity index (χ2v) is 4.41. The first-order chi connectivity index (χ1) is 9.21. The van der Waals surface area contributed by atoms with E-state index in [0.29, 0.717) is 0 Å². The number of alkyl halides is 3. The minimum Gasteiger partial charge on any atom is -0.475 e. The topological polar surface area (TPSA) is 63.3 Å². The summed E-state index contributed by atoms with van der Waals surface area (Å²) >= 11 is 11.6. The van der Waals surface area contributed by atoms with Gasteiger partial charge in [-0.2, -0.15) is 13.2 Å². The lowest BCUT2D eigenvalue weighted by molar-refractivity contribution is -0.141. The normalized spacial score (nSPS) is 11.7. The van der Waals surface area contributed by atoms with Crippen LogP contribution in [0.1, 0.15) is 16.2 Å². The maximum atomic E-state index is 12.7. The summed E-state index contributed by atoms with van der Waals surface area (Å²) in [7, 11) is 0. The SMILES string of the molecule is O=C(O)c1oc(-c2c(Cl)cccc2Cl)nc1C(F)(F)F. The van der Waals surface area contributed by atoms with E-state index < -0.39 is 29.5 Å². The van der Waals surface area contributed by atoms with Crippen LogP contribution >= 0.6 is 23.2 Å². The minimum absolute atomic E-state index is 0.00980. The number of nitrogens with zero attached hydrogens (tertiary/aromatic N) is 1. The predicted molar refractivity (Wildman–Crippen MR) is 63.9 cm³/mol. The number of carbonyl (C=O) groups is 1. The van der Waals surface area contributed by atoms with Crippen molar-refractivity contribution in [1.29, 1.82) is 0 Å². The second kappa shape index (κ2) is 4.99. The van der Waals surface area contributed by atoms with E-state index in [2.05, 4.69) is 9.40 Å². The number of oxazole rings is 1. The molecule has 0 radical (unpaired) electrons. The lowest BCUT2D eigenvalue weighted by atomic mass is 10.2. The van der Waals surface area contributed by atoms with Crippen LogP contribution in [0, 0.1) is 0 Å². The number of rotatable bonds is 2. The maximum absolute atomic E-state index is 12.7. The molecule has 4 nitrogen and oxygen atoms in total. The minimum atomic E-state index is -4.97. The van der Waals surface area contributed by atoms with Gasteiger partial charge in [0.15, 0.2) is 5.69 Å². The third-order valence-electron chi connectivity index (χ3n) is 2.27. The van der Waals surface area contributed by atoms with Gasteiger partial charge in [0.2, 0.25) is 11.7 Å². The Balaban J connectivity index is 2.69. The summed E-state index contributed by atoms with van der Waals surface area (Å²) in [5, 5.41) is 8.71. The average Bonchev–Trinajstić information content (AvgIpc) is 2.73. The summed E-state index contributed by atoms with van der Waals surface area (Å²) in [5.41, 5.74) is -1.75. The first-order valence-electron chi connectivity index (χ1n) is 4.97. The predicted octanol–water partition coefficient (Wildman–Crippen LogP) is 4.37. The molecular formula is C11H4Cl2F3NO3. The highest BCUT2D eigenvalue weighted by atomic mass is 35.5. The molecule has 9 heteroatoms. The van der Waals surface area contributed by atoms with Crippen molar-refractivity contribution in [1.82, 2.24) is 4.98 Å². The zero-order valence-corrected chi connectivity index (χ0v) is 10.8. The number of halogens is 5. The fourth-order valence-electron chi connectivity index (χ4n) is 1.47. The Hall–Kier alpha value is -1.73. The largest absolute Gasteiger partial charge is 0.475 e. The van der Waals surface area contributed by atoms with Crippen molar-refractivity contribution in [2.75, 3.05) is 0 Å². The van der Waals surface area contributed by atoms with Gasteiger partial charge >= 0.3 is 12.1 Å². The van der Waals surface area contributed by atoms with E-state index in [-0.39, 0.29) is 15.6 Å². The Morgan fingerprint density at radius 2 is 1.80 bits per heavy atom. The van der Waals surface area contributed by atoms with Gasteiger partial charge in [0.05, 0.1) is 15.6 Å². The van der Waals surface area contributed by atoms with Crippen LogP contribution in [0.3, 0.4) is 0 Å². The van der Waals surface area contributed by atoms with Crippen molar-refractivity contribution in [3.05, 3.63) is 39.7 Å². The molecule has 0 atom stereocenters. The van der Waals surface area contributed by atoms with Crippen molar-refractivity contribution in [3.63, 3.8) is 0 Å². The summed E-state index contributed by atoms with van der Waals surface area (Å²) in [4.78, 5) is 13.9. The van der Waals surface area contributed by atoms with Gasteiger partial charge in [-0.25, -0.2) is 9.78 Å². The van der Waals surface area contributed by atoms with Gasteiger partial charge in [-0.3, -0.25) is 0 Å². The molecule has 2 aromatic rings. The maximum Gasteiger partial charge on any atom is 0.437 e. The third kappa shape index (κ3) is 2.59. The van der Waals surface area contributed by atoms with Crippen LogP contribution in [0.25, 0.3) is 11.5 Å². The fourth-order valence-corrected chi connectivity index (χ4v) is 2.03. The average molecular weight is 326 g/mol. The molecule has 106 valence electrons. The highest BCUT2D eigenvalue weighted by Crippen LogP contribution is 2.38. The zero-order chi connectivity index (χ0) is 15.1. The number of carboxylic acids is 1. The van der Waals surface area contributed by atoms with Crippen molar-refractivity contribution < 1.29 is 27.5 Å². The van der Waals surface area contributed by atoms with Crippen LogP contribution in [-0.2, 0) is 6.18 Å². The first-order valence-corrected chi connectivity index (χ1v) is 5.73. The molecule has 0 aliphatic heterocycles. The summed E-state index contributed by atoms with van der Waals surface area (Å²) in [6.07, 6.45) is -4.97. The van der Waals surface area contributed by atoms with Gasteiger partial charge < -0.3 is 9.52 Å². The van der Waals surface area contributed by atoms with Crippen LogP contribution in [0.2, 0.25) is 10.0 Å². The van der Waals surface area contributed by atoms with E-state index in [1.165, 1.54) is 18.2 Å². The monoisotopic (exact) mass is 325 g/mol. The molecule has 0 aliphatic rings. The molecule has 0 spiro atoms. The smallest absolute Gasteiger partial charge is 0.437 e. The third-order valence-corrected chi connectivity index (χ3v) is 2.90. The van der Waals surface area contributed by atoms with Gasteiger partial charge in [-0.05, 0) is 12.1 Å². The first kappa shape index (κ1) is 14.7. The van der Waals surface area contributed by atoms with Crippen molar-refractivity contribution in [3.8, 4) is 11.5 Å². The van der Waals surface area contributed by atoms with E-state index in [1.807, 2.05) is 0 Å². The van der Waals surface area contributed by atoms with Crippen LogP contribution in [-0.4, -0.2) is 16.1 Å². The van der Waals surface area contributed by atoms with Gasteiger partial charge in [0.25, 0.3) is 0 Å². The molecule has 20 heavy (non-hydrogen) atoms. The highest BCUT2D eigenvalue weighted by Gasteiger charge is 2.41. The van der Waals surface area contributed by atoms with Crippen LogP contribution < -0.4 is 0 Å². The van der Waals surface area contributed by atoms with Gasteiger partial charge in [-0.15, -0.1) is 0 Å². The molecule has 1 aromatic heterocycles. The summed E-state index contributed by atoms with van der Waals surface area (Å²) < 4.78 is 42.7. The summed E-state index contributed by atoms with van der Waals surface area (Å²) in [5.74, 6) is -3.81. The lowest BCUT2D eigenvalue weighted by Crippen LogP contribution is -2.11. The molecule has 1 N–H and O–H groups in total. The Kier molecular flexibility index (Phi) is 3.66. The summed E-state index contributed by atoms with van der Waals surface area (Å²) in [6, 6.07) is 4.20. The van der Waals surface area contributed by atoms with Gasteiger partial charge in [0.1, 0.15) is 0 Å².